The number of aryl methyl sites for hydroxylation is 1. The number of rotatable bonds is 5. The first-order valence-corrected chi connectivity index (χ1v) is 9.21. The summed E-state index contributed by atoms with van der Waals surface area (Å²) in [4.78, 5) is 17.4. The maximum atomic E-state index is 12.2. The monoisotopic (exact) mass is 371 g/mol. The van der Waals surface area contributed by atoms with Crippen LogP contribution in [-0.4, -0.2) is 21.2 Å². The highest BCUT2D eigenvalue weighted by atomic mass is 32.1. The van der Waals surface area contributed by atoms with Crippen molar-refractivity contribution in [3.8, 4) is 16.5 Å². The van der Waals surface area contributed by atoms with Gasteiger partial charge in [0.05, 0.1) is 10.6 Å². The number of benzene rings is 1. The van der Waals surface area contributed by atoms with Crippen LogP contribution in [0.3, 0.4) is 0 Å². The van der Waals surface area contributed by atoms with Crippen molar-refractivity contribution in [1.29, 1.82) is 0 Å². The van der Waals surface area contributed by atoms with Gasteiger partial charge < -0.3 is 14.9 Å². The summed E-state index contributed by atoms with van der Waals surface area (Å²) in [6.45, 7) is 6.23. The molecule has 7 heteroatoms. The van der Waals surface area contributed by atoms with Crippen LogP contribution in [0, 0.1) is 0 Å². The molecule has 0 radical (unpaired) electrons. The molecule has 0 atom stereocenters. The molecule has 0 unspecified atom stereocenters. The Kier molecular flexibility index (Phi) is 5.08. The van der Waals surface area contributed by atoms with Crippen molar-refractivity contribution in [2.45, 2.75) is 39.0 Å². The summed E-state index contributed by atoms with van der Waals surface area (Å²) in [5.41, 5.74) is 1.37. The zero-order valence-electron chi connectivity index (χ0n) is 14.9. The minimum atomic E-state index is -0.220. The quantitative estimate of drug-likeness (QED) is 0.650. The summed E-state index contributed by atoms with van der Waals surface area (Å²) >= 11 is 1.53. The Morgan fingerprint density at radius 3 is 2.81 bits per heavy atom. The normalized spacial score (nSPS) is 11.5. The van der Waals surface area contributed by atoms with E-state index in [9.17, 15) is 9.90 Å². The highest BCUT2D eigenvalue weighted by molar-refractivity contribution is 7.13. The van der Waals surface area contributed by atoms with Crippen LogP contribution in [0.4, 0.5) is 5.69 Å². The molecule has 0 aliphatic heterocycles. The van der Waals surface area contributed by atoms with Crippen molar-refractivity contribution in [3.05, 3.63) is 47.2 Å². The maximum Gasteiger partial charge on any atom is 0.227 e. The lowest BCUT2D eigenvalue weighted by Crippen LogP contribution is -2.15. The number of nitrogens with one attached hydrogen (secondary N) is 1. The molecule has 1 aromatic carbocycles. The predicted molar refractivity (Wildman–Crippen MR) is 101 cm³/mol. The van der Waals surface area contributed by atoms with Gasteiger partial charge in [-0.2, -0.15) is 4.98 Å². The molecule has 0 spiro atoms. The fourth-order valence-corrected chi connectivity index (χ4v) is 3.05. The average molecular weight is 371 g/mol. The second-order valence-corrected chi connectivity index (χ2v) is 7.97. The lowest BCUT2D eigenvalue weighted by Gasteiger charge is -2.20. The summed E-state index contributed by atoms with van der Waals surface area (Å²) in [7, 11) is 0. The molecule has 3 aromatic rings. The Morgan fingerprint density at radius 2 is 2.12 bits per heavy atom. The molecule has 2 N–H and O–H groups in total. The number of carbonyl (C=O) groups is 1. The van der Waals surface area contributed by atoms with E-state index < -0.39 is 0 Å². The first-order chi connectivity index (χ1) is 12.3. The molecule has 2 aromatic heterocycles. The molecule has 136 valence electrons. The van der Waals surface area contributed by atoms with E-state index in [1.807, 2.05) is 23.6 Å². The van der Waals surface area contributed by atoms with E-state index >= 15 is 0 Å². The van der Waals surface area contributed by atoms with Crippen LogP contribution in [0.1, 0.15) is 38.6 Å². The Morgan fingerprint density at radius 1 is 1.31 bits per heavy atom. The minimum absolute atomic E-state index is 0.0455. The molecular formula is C19H21N3O3S. The van der Waals surface area contributed by atoms with Gasteiger partial charge in [-0.3, -0.25) is 4.79 Å². The average Bonchev–Trinajstić information content (AvgIpc) is 3.25. The van der Waals surface area contributed by atoms with Crippen molar-refractivity contribution in [2.75, 3.05) is 5.32 Å². The number of hydrogen-bond acceptors (Lipinski definition) is 6. The van der Waals surface area contributed by atoms with Gasteiger partial charge in [-0.05, 0) is 34.6 Å². The van der Waals surface area contributed by atoms with Crippen LogP contribution >= 0.6 is 11.3 Å². The van der Waals surface area contributed by atoms with Gasteiger partial charge in [0, 0.05) is 12.8 Å². The van der Waals surface area contributed by atoms with E-state index in [0.717, 1.165) is 10.4 Å². The maximum absolute atomic E-state index is 12.2. The molecule has 0 aliphatic carbocycles. The molecule has 6 nitrogen and oxygen atoms in total. The topological polar surface area (TPSA) is 88.2 Å². The first kappa shape index (κ1) is 18.1. The standard InChI is InChI=1S/C19H21N3O3S/c1-19(2,3)12-6-7-14(23)13(11-12)20-16(24)8-9-17-21-18(22-25-17)15-5-4-10-26-15/h4-7,10-11,23H,8-9H2,1-3H3,(H,20,24). The zero-order valence-corrected chi connectivity index (χ0v) is 15.8. The number of anilines is 1. The summed E-state index contributed by atoms with van der Waals surface area (Å²) in [6, 6.07) is 9.09. The second-order valence-electron chi connectivity index (χ2n) is 7.02. The Labute approximate surface area is 155 Å². The molecular weight excluding hydrogens is 350 g/mol. The molecule has 0 bridgehead atoms. The van der Waals surface area contributed by atoms with Crippen LogP contribution in [0.2, 0.25) is 0 Å². The number of carbonyl (C=O) groups excluding carboxylic acids is 1. The molecule has 0 aliphatic rings. The summed E-state index contributed by atoms with van der Waals surface area (Å²) in [6.07, 6.45) is 0.523. The fraction of sp³-hybridized carbons (Fsp3) is 0.316. The number of aromatic hydroxyl groups is 1. The van der Waals surface area contributed by atoms with Gasteiger partial charge in [-0.25, -0.2) is 0 Å². The number of thiophene rings is 1. The van der Waals surface area contributed by atoms with E-state index in [-0.39, 0.29) is 23.5 Å². The van der Waals surface area contributed by atoms with Gasteiger partial charge in [0.2, 0.25) is 17.6 Å². The highest BCUT2D eigenvalue weighted by Gasteiger charge is 2.17. The third-order valence-electron chi connectivity index (χ3n) is 3.91. The van der Waals surface area contributed by atoms with Crippen LogP contribution in [0.25, 0.3) is 10.7 Å². The minimum Gasteiger partial charge on any atom is -0.506 e. The summed E-state index contributed by atoms with van der Waals surface area (Å²) < 4.78 is 5.19. The number of nitrogens with zero attached hydrogens (tertiary/aromatic N) is 2. The summed E-state index contributed by atoms with van der Waals surface area (Å²) in [5.74, 6) is 0.772. The van der Waals surface area contributed by atoms with E-state index in [1.54, 1.807) is 12.1 Å². The SMILES string of the molecule is CC(C)(C)c1ccc(O)c(NC(=O)CCc2nc(-c3cccs3)no2)c1. The lowest BCUT2D eigenvalue weighted by atomic mass is 9.87. The fourth-order valence-electron chi connectivity index (χ4n) is 2.40. The third-order valence-corrected chi connectivity index (χ3v) is 4.78. The Balaban J connectivity index is 1.61. The van der Waals surface area contributed by atoms with Gasteiger partial charge in [0.1, 0.15) is 5.75 Å². The van der Waals surface area contributed by atoms with E-state index in [4.69, 9.17) is 4.52 Å². The van der Waals surface area contributed by atoms with E-state index in [1.165, 1.54) is 11.3 Å². The highest BCUT2D eigenvalue weighted by Crippen LogP contribution is 2.30. The van der Waals surface area contributed by atoms with Crippen molar-refractivity contribution < 1.29 is 14.4 Å². The van der Waals surface area contributed by atoms with Crippen LogP contribution in [0.5, 0.6) is 5.75 Å². The van der Waals surface area contributed by atoms with Crippen molar-refractivity contribution in [1.82, 2.24) is 10.1 Å². The van der Waals surface area contributed by atoms with Crippen LogP contribution in [0.15, 0.2) is 40.2 Å². The molecule has 2 heterocycles. The molecule has 0 fully saturated rings. The van der Waals surface area contributed by atoms with Gasteiger partial charge in [0.15, 0.2) is 0 Å². The molecule has 0 saturated carbocycles. The number of hydrogen-bond donors (Lipinski definition) is 2. The van der Waals surface area contributed by atoms with Gasteiger partial charge in [-0.1, -0.05) is 38.1 Å². The number of amides is 1. The van der Waals surface area contributed by atoms with E-state index in [2.05, 4.69) is 36.2 Å². The third kappa shape index (κ3) is 4.29. The lowest BCUT2D eigenvalue weighted by molar-refractivity contribution is -0.116. The van der Waals surface area contributed by atoms with Crippen LogP contribution in [-0.2, 0) is 16.6 Å². The predicted octanol–water partition coefficient (Wildman–Crippen LogP) is 4.37. The van der Waals surface area contributed by atoms with E-state index in [0.29, 0.717) is 23.8 Å². The van der Waals surface area contributed by atoms with Crippen LogP contribution < -0.4 is 5.32 Å². The Hall–Kier alpha value is -2.67. The van der Waals surface area contributed by atoms with Crippen molar-refractivity contribution in [2.24, 2.45) is 0 Å². The molecule has 3 rings (SSSR count). The second kappa shape index (κ2) is 7.29. The molecule has 0 saturated heterocycles. The summed E-state index contributed by atoms with van der Waals surface area (Å²) in [5, 5.41) is 18.6. The van der Waals surface area contributed by atoms with Crippen molar-refractivity contribution >= 4 is 22.9 Å². The van der Waals surface area contributed by atoms with Gasteiger partial charge in [-0.15, -0.1) is 11.3 Å². The zero-order chi connectivity index (χ0) is 18.7. The number of aromatic nitrogens is 2. The van der Waals surface area contributed by atoms with Gasteiger partial charge >= 0.3 is 0 Å². The molecule has 26 heavy (non-hydrogen) atoms. The van der Waals surface area contributed by atoms with Gasteiger partial charge in [0.25, 0.3) is 0 Å². The first-order valence-electron chi connectivity index (χ1n) is 8.33. The largest absolute Gasteiger partial charge is 0.506 e. The molecule has 1 amide bonds. The van der Waals surface area contributed by atoms with Crippen molar-refractivity contribution in [3.63, 3.8) is 0 Å². The number of phenols is 1. The Bertz CT molecular complexity index is 895. The smallest absolute Gasteiger partial charge is 0.227 e. The number of phenolic OH excluding ortho intramolecular Hbond substituents is 1.